The van der Waals surface area contributed by atoms with Crippen LogP contribution in [0.15, 0.2) is 46.1 Å². The number of amides is 1. The van der Waals surface area contributed by atoms with Gasteiger partial charge in [-0.05, 0) is 23.9 Å². The second-order valence-corrected chi connectivity index (χ2v) is 8.47. The third-order valence-electron chi connectivity index (χ3n) is 3.34. The van der Waals surface area contributed by atoms with Crippen molar-refractivity contribution in [3.8, 4) is 0 Å². The molecule has 0 radical (unpaired) electrons. The van der Waals surface area contributed by atoms with Gasteiger partial charge in [0.05, 0.1) is 10.7 Å². The first-order valence-corrected chi connectivity index (χ1v) is 10.6. The lowest BCUT2D eigenvalue weighted by Crippen LogP contribution is -2.15. The normalized spacial score (nSPS) is 10.5. The van der Waals surface area contributed by atoms with Gasteiger partial charge in [-0.3, -0.25) is 14.9 Å². The van der Waals surface area contributed by atoms with Crippen LogP contribution in [0.25, 0.3) is 0 Å². The van der Waals surface area contributed by atoms with Gasteiger partial charge in [-0.15, -0.1) is 21.5 Å². The van der Waals surface area contributed by atoms with E-state index in [1.165, 1.54) is 40.1 Å². The van der Waals surface area contributed by atoms with E-state index in [2.05, 4.69) is 26.9 Å². The highest BCUT2D eigenvalue weighted by atomic mass is 32.2. The van der Waals surface area contributed by atoms with Crippen LogP contribution in [-0.2, 0) is 11.2 Å². The van der Waals surface area contributed by atoms with E-state index in [-0.39, 0.29) is 23.0 Å². The van der Waals surface area contributed by atoms with E-state index >= 15 is 0 Å². The summed E-state index contributed by atoms with van der Waals surface area (Å²) in [6.45, 7) is 0.762. The number of thioether (sulfide) groups is 1. The second kappa shape index (κ2) is 9.44. The first-order chi connectivity index (χ1) is 13.1. The predicted octanol–water partition coefficient (Wildman–Crippen LogP) is 3.89. The Balaban J connectivity index is 1.45. The lowest BCUT2D eigenvalue weighted by Gasteiger charge is -2.04. The molecule has 0 unspecified atom stereocenters. The van der Waals surface area contributed by atoms with Gasteiger partial charge in [0, 0.05) is 17.5 Å². The molecular formula is C16H15N5O3S3. The van der Waals surface area contributed by atoms with Gasteiger partial charge in [-0.25, -0.2) is 0 Å². The SMILES string of the molecule is O=C(CSc1nnc(NCCc2cccs2)s1)Nc1ccccc1[N+](=O)[O-]. The second-order valence-electron chi connectivity index (χ2n) is 5.24. The Morgan fingerprint density at radius 1 is 1.22 bits per heavy atom. The number of anilines is 2. The molecule has 0 spiro atoms. The molecule has 3 rings (SSSR count). The van der Waals surface area contributed by atoms with E-state index < -0.39 is 4.92 Å². The fourth-order valence-electron chi connectivity index (χ4n) is 2.14. The summed E-state index contributed by atoms with van der Waals surface area (Å²) in [6, 6.07) is 10.1. The van der Waals surface area contributed by atoms with Crippen LogP contribution in [0, 0.1) is 10.1 Å². The molecule has 0 bridgehead atoms. The summed E-state index contributed by atoms with van der Waals surface area (Å²) in [4.78, 5) is 23.8. The van der Waals surface area contributed by atoms with E-state index in [4.69, 9.17) is 0 Å². The van der Waals surface area contributed by atoms with Crippen molar-refractivity contribution >= 4 is 56.8 Å². The van der Waals surface area contributed by atoms with E-state index in [0.29, 0.717) is 9.47 Å². The van der Waals surface area contributed by atoms with Gasteiger partial charge in [0.1, 0.15) is 5.69 Å². The zero-order valence-electron chi connectivity index (χ0n) is 14.0. The number of carbonyl (C=O) groups is 1. The molecule has 27 heavy (non-hydrogen) atoms. The smallest absolute Gasteiger partial charge is 0.292 e. The standard InChI is InChI=1S/C16H15N5O3S3/c22-14(18-12-5-1-2-6-13(12)21(23)24)10-26-16-20-19-15(27-16)17-8-7-11-4-3-9-25-11/h1-6,9H,7-8,10H2,(H,17,19)(H,18,22). The number of hydrogen-bond acceptors (Lipinski definition) is 9. The van der Waals surface area contributed by atoms with Gasteiger partial charge in [-0.1, -0.05) is 41.3 Å². The Hall–Kier alpha value is -2.50. The van der Waals surface area contributed by atoms with E-state index in [0.717, 1.165) is 13.0 Å². The maximum absolute atomic E-state index is 12.1. The Morgan fingerprint density at radius 2 is 2.07 bits per heavy atom. The summed E-state index contributed by atoms with van der Waals surface area (Å²) in [7, 11) is 0. The minimum absolute atomic E-state index is 0.0931. The van der Waals surface area contributed by atoms with Crippen molar-refractivity contribution in [2.24, 2.45) is 0 Å². The molecule has 1 amide bonds. The fourth-order valence-corrected chi connectivity index (χ4v) is 4.43. The van der Waals surface area contributed by atoms with Crippen molar-refractivity contribution in [3.63, 3.8) is 0 Å². The van der Waals surface area contributed by atoms with Crippen molar-refractivity contribution in [1.29, 1.82) is 0 Å². The third kappa shape index (κ3) is 5.74. The first kappa shape index (κ1) is 19.3. The zero-order valence-corrected chi connectivity index (χ0v) is 16.4. The number of carbonyl (C=O) groups excluding carboxylic acids is 1. The molecule has 0 aliphatic heterocycles. The zero-order chi connectivity index (χ0) is 19.1. The van der Waals surface area contributed by atoms with E-state index in [1.54, 1.807) is 23.5 Å². The topological polar surface area (TPSA) is 110 Å². The van der Waals surface area contributed by atoms with Crippen LogP contribution in [0.5, 0.6) is 0 Å². The minimum atomic E-state index is -0.526. The molecule has 1 aromatic carbocycles. The summed E-state index contributed by atoms with van der Waals surface area (Å²) in [5.74, 6) is -0.243. The number of nitro groups is 1. The molecule has 8 nitrogen and oxygen atoms in total. The first-order valence-electron chi connectivity index (χ1n) is 7.87. The van der Waals surface area contributed by atoms with E-state index in [9.17, 15) is 14.9 Å². The summed E-state index contributed by atoms with van der Waals surface area (Å²) >= 11 is 4.33. The number of thiophene rings is 1. The van der Waals surface area contributed by atoms with Gasteiger partial charge in [-0.2, -0.15) is 0 Å². The van der Waals surface area contributed by atoms with Crippen LogP contribution >= 0.6 is 34.4 Å². The lowest BCUT2D eigenvalue weighted by atomic mass is 10.2. The highest BCUT2D eigenvalue weighted by Crippen LogP contribution is 2.27. The summed E-state index contributed by atoms with van der Waals surface area (Å²) in [5, 5.41) is 27.6. The Kier molecular flexibility index (Phi) is 6.74. The Bertz CT molecular complexity index is 914. The predicted molar refractivity (Wildman–Crippen MR) is 109 cm³/mol. The molecular weight excluding hydrogens is 406 g/mol. The molecule has 3 aromatic rings. The molecule has 0 saturated heterocycles. The van der Waals surface area contributed by atoms with Crippen molar-refractivity contribution in [3.05, 3.63) is 56.8 Å². The highest BCUT2D eigenvalue weighted by Gasteiger charge is 2.15. The molecule has 11 heteroatoms. The fraction of sp³-hybridized carbons (Fsp3) is 0.188. The average Bonchev–Trinajstić information content (AvgIpc) is 3.32. The molecule has 2 N–H and O–H groups in total. The third-order valence-corrected chi connectivity index (χ3v) is 6.29. The van der Waals surface area contributed by atoms with Crippen LogP contribution in [0.4, 0.5) is 16.5 Å². The minimum Gasteiger partial charge on any atom is -0.360 e. The Morgan fingerprint density at radius 3 is 2.85 bits per heavy atom. The van der Waals surface area contributed by atoms with Crippen molar-refractivity contribution < 1.29 is 9.72 Å². The van der Waals surface area contributed by atoms with Gasteiger partial charge in [0.2, 0.25) is 11.0 Å². The summed E-state index contributed by atoms with van der Waals surface area (Å²) < 4.78 is 0.659. The molecule has 0 aliphatic carbocycles. The average molecular weight is 422 g/mol. The van der Waals surface area contributed by atoms with Gasteiger partial charge in [0.15, 0.2) is 4.34 Å². The number of aromatic nitrogens is 2. The van der Waals surface area contributed by atoms with Crippen LogP contribution in [0.1, 0.15) is 4.88 Å². The number of hydrogen-bond donors (Lipinski definition) is 2. The lowest BCUT2D eigenvalue weighted by molar-refractivity contribution is -0.383. The van der Waals surface area contributed by atoms with Crippen LogP contribution in [0.3, 0.4) is 0 Å². The maximum atomic E-state index is 12.1. The number of rotatable bonds is 9. The quantitative estimate of drug-likeness (QED) is 0.306. The van der Waals surface area contributed by atoms with Crippen LogP contribution < -0.4 is 10.6 Å². The molecule has 2 aromatic heterocycles. The number of benzene rings is 1. The molecule has 0 aliphatic rings. The monoisotopic (exact) mass is 421 g/mol. The number of para-hydroxylation sites is 2. The number of nitrogens with zero attached hydrogens (tertiary/aromatic N) is 3. The van der Waals surface area contributed by atoms with Crippen LogP contribution in [-0.4, -0.2) is 33.3 Å². The molecule has 0 saturated carbocycles. The maximum Gasteiger partial charge on any atom is 0.292 e. The summed E-state index contributed by atoms with van der Waals surface area (Å²) in [6.07, 6.45) is 0.915. The van der Waals surface area contributed by atoms with Crippen molar-refractivity contribution in [1.82, 2.24) is 10.2 Å². The highest BCUT2D eigenvalue weighted by molar-refractivity contribution is 8.01. The molecule has 0 fully saturated rings. The molecule has 2 heterocycles. The number of nitro benzene ring substituents is 1. The Labute approximate surface area is 167 Å². The van der Waals surface area contributed by atoms with Gasteiger partial charge < -0.3 is 10.6 Å². The number of nitrogens with one attached hydrogen (secondary N) is 2. The van der Waals surface area contributed by atoms with Crippen LogP contribution in [0.2, 0.25) is 0 Å². The van der Waals surface area contributed by atoms with Gasteiger partial charge in [0.25, 0.3) is 5.69 Å². The van der Waals surface area contributed by atoms with E-state index in [1.807, 2.05) is 11.4 Å². The van der Waals surface area contributed by atoms with Gasteiger partial charge >= 0.3 is 0 Å². The molecule has 0 atom stereocenters. The largest absolute Gasteiger partial charge is 0.360 e. The van der Waals surface area contributed by atoms with Crippen molar-refractivity contribution in [2.75, 3.05) is 22.9 Å². The summed E-state index contributed by atoms with van der Waals surface area (Å²) in [5.41, 5.74) is 0.0466. The molecule has 140 valence electrons. The van der Waals surface area contributed by atoms with Crippen molar-refractivity contribution in [2.45, 2.75) is 10.8 Å².